The number of methoxy groups -OCH3 is 1. The highest BCUT2D eigenvalue weighted by Gasteiger charge is 2.24. The Hall–Kier alpha value is -1.45. The van der Waals surface area contributed by atoms with Crippen LogP contribution in [0.1, 0.15) is 34.3 Å². The van der Waals surface area contributed by atoms with Gasteiger partial charge in [0.15, 0.2) is 0 Å². The summed E-state index contributed by atoms with van der Waals surface area (Å²) in [6.45, 7) is 6.03. The molecule has 2 rings (SSSR count). The quantitative estimate of drug-likeness (QED) is 0.918. The largest absolute Gasteiger partial charge is 0.496 e. The predicted molar refractivity (Wildman–Crippen MR) is 81.8 cm³/mol. The summed E-state index contributed by atoms with van der Waals surface area (Å²) in [5.41, 5.74) is 3.31. The Morgan fingerprint density at radius 2 is 1.90 bits per heavy atom. The lowest BCUT2D eigenvalue weighted by atomic mass is 9.95. The summed E-state index contributed by atoms with van der Waals surface area (Å²) in [6, 6.07) is 5.64. The molecule has 2 aromatic rings. The van der Waals surface area contributed by atoms with Crippen molar-refractivity contribution in [1.29, 1.82) is 0 Å². The standard InChI is InChI=1S/C16H20ClNO2/c1-9-10(2)20-11(3)15(9)16(18-4)13-8-12(17)6-7-14(13)19-5/h6-8,16,18H,1-5H3. The molecule has 1 aromatic carbocycles. The fourth-order valence-corrected chi connectivity index (χ4v) is 2.80. The first kappa shape index (κ1) is 14.9. The highest BCUT2D eigenvalue weighted by molar-refractivity contribution is 6.30. The van der Waals surface area contributed by atoms with Gasteiger partial charge in [-0.1, -0.05) is 11.6 Å². The molecule has 0 fully saturated rings. The Morgan fingerprint density at radius 3 is 2.40 bits per heavy atom. The van der Waals surface area contributed by atoms with Gasteiger partial charge >= 0.3 is 0 Å². The lowest BCUT2D eigenvalue weighted by Gasteiger charge is -2.20. The molecule has 20 heavy (non-hydrogen) atoms. The van der Waals surface area contributed by atoms with E-state index in [2.05, 4.69) is 12.2 Å². The van der Waals surface area contributed by atoms with Gasteiger partial charge < -0.3 is 14.5 Å². The molecule has 1 unspecified atom stereocenters. The zero-order valence-corrected chi connectivity index (χ0v) is 13.3. The van der Waals surface area contributed by atoms with E-state index in [1.807, 2.05) is 39.1 Å². The minimum absolute atomic E-state index is 0.0129. The first-order valence-electron chi connectivity index (χ1n) is 6.56. The van der Waals surface area contributed by atoms with E-state index in [9.17, 15) is 0 Å². The van der Waals surface area contributed by atoms with Crippen LogP contribution in [-0.2, 0) is 0 Å². The zero-order valence-electron chi connectivity index (χ0n) is 12.5. The number of rotatable bonds is 4. The molecule has 3 nitrogen and oxygen atoms in total. The van der Waals surface area contributed by atoms with E-state index in [1.165, 1.54) is 0 Å². The smallest absolute Gasteiger partial charge is 0.124 e. The summed E-state index contributed by atoms with van der Waals surface area (Å²) in [6.07, 6.45) is 0. The van der Waals surface area contributed by atoms with E-state index >= 15 is 0 Å². The van der Waals surface area contributed by atoms with Gasteiger partial charge in [-0.2, -0.15) is 0 Å². The van der Waals surface area contributed by atoms with Crippen LogP contribution < -0.4 is 10.1 Å². The van der Waals surface area contributed by atoms with Gasteiger partial charge in [-0.05, 0) is 51.6 Å². The first-order valence-corrected chi connectivity index (χ1v) is 6.94. The Balaban J connectivity index is 2.61. The second-order valence-electron chi connectivity index (χ2n) is 4.86. The average molecular weight is 294 g/mol. The molecule has 0 saturated heterocycles. The van der Waals surface area contributed by atoms with Crippen LogP contribution in [0.2, 0.25) is 5.02 Å². The molecule has 0 radical (unpaired) electrons. The molecule has 0 saturated carbocycles. The normalized spacial score (nSPS) is 12.5. The minimum Gasteiger partial charge on any atom is -0.496 e. The zero-order chi connectivity index (χ0) is 14.9. The van der Waals surface area contributed by atoms with Crippen molar-refractivity contribution < 1.29 is 9.15 Å². The van der Waals surface area contributed by atoms with Crippen LogP contribution in [0.3, 0.4) is 0 Å². The number of halogens is 1. The van der Waals surface area contributed by atoms with Crippen LogP contribution in [0.5, 0.6) is 5.75 Å². The molecule has 1 heterocycles. The van der Waals surface area contributed by atoms with Gasteiger partial charge in [0.1, 0.15) is 17.3 Å². The number of hydrogen-bond acceptors (Lipinski definition) is 3. The summed E-state index contributed by atoms with van der Waals surface area (Å²) in [7, 11) is 3.59. The van der Waals surface area contributed by atoms with Crippen LogP contribution in [0.25, 0.3) is 0 Å². The highest BCUT2D eigenvalue weighted by Crippen LogP contribution is 2.36. The number of furan rings is 1. The second-order valence-corrected chi connectivity index (χ2v) is 5.30. The summed E-state index contributed by atoms with van der Waals surface area (Å²) in [5.74, 6) is 2.67. The summed E-state index contributed by atoms with van der Waals surface area (Å²) >= 11 is 6.14. The molecule has 0 amide bonds. The fraction of sp³-hybridized carbons (Fsp3) is 0.375. The maximum Gasteiger partial charge on any atom is 0.124 e. The van der Waals surface area contributed by atoms with Gasteiger partial charge in [-0.3, -0.25) is 0 Å². The summed E-state index contributed by atoms with van der Waals surface area (Å²) in [5, 5.41) is 4.02. The molecule has 0 bridgehead atoms. The van der Waals surface area contributed by atoms with Gasteiger partial charge in [-0.25, -0.2) is 0 Å². The molecule has 0 aliphatic heterocycles. The van der Waals surface area contributed by atoms with E-state index < -0.39 is 0 Å². The van der Waals surface area contributed by atoms with Gasteiger partial charge in [0.2, 0.25) is 0 Å². The van der Waals surface area contributed by atoms with Crippen molar-refractivity contribution in [3.8, 4) is 5.75 Å². The number of benzene rings is 1. The maximum absolute atomic E-state index is 6.14. The SMILES string of the molecule is CNC(c1cc(Cl)ccc1OC)c1c(C)oc(C)c1C. The maximum atomic E-state index is 6.14. The van der Waals surface area contributed by atoms with Crippen molar-refractivity contribution >= 4 is 11.6 Å². The molecule has 0 spiro atoms. The van der Waals surface area contributed by atoms with Crippen molar-refractivity contribution in [3.05, 3.63) is 51.4 Å². The van der Waals surface area contributed by atoms with E-state index in [0.29, 0.717) is 5.02 Å². The number of nitrogens with one attached hydrogen (secondary N) is 1. The lowest BCUT2D eigenvalue weighted by Crippen LogP contribution is -2.19. The third-order valence-corrected chi connectivity index (χ3v) is 3.93. The topological polar surface area (TPSA) is 34.4 Å². The van der Waals surface area contributed by atoms with Crippen LogP contribution in [0, 0.1) is 20.8 Å². The molecular formula is C16H20ClNO2. The molecule has 1 atom stereocenters. The third-order valence-electron chi connectivity index (χ3n) is 3.70. The second kappa shape index (κ2) is 5.90. The number of hydrogen-bond donors (Lipinski definition) is 1. The van der Waals surface area contributed by atoms with E-state index in [1.54, 1.807) is 7.11 Å². The summed E-state index contributed by atoms with van der Waals surface area (Å²) < 4.78 is 11.2. The molecule has 108 valence electrons. The Kier molecular flexibility index (Phi) is 4.41. The number of aryl methyl sites for hydroxylation is 2. The van der Waals surface area contributed by atoms with E-state index in [0.717, 1.165) is 34.0 Å². The van der Waals surface area contributed by atoms with Gasteiger partial charge in [0.25, 0.3) is 0 Å². The molecule has 0 aliphatic carbocycles. The van der Waals surface area contributed by atoms with Gasteiger partial charge in [-0.15, -0.1) is 0 Å². The van der Waals surface area contributed by atoms with Crippen LogP contribution in [-0.4, -0.2) is 14.2 Å². The van der Waals surface area contributed by atoms with Crippen molar-refractivity contribution in [2.45, 2.75) is 26.8 Å². The van der Waals surface area contributed by atoms with Crippen LogP contribution in [0.4, 0.5) is 0 Å². The third kappa shape index (κ3) is 2.56. The van der Waals surface area contributed by atoms with E-state index in [-0.39, 0.29) is 6.04 Å². The van der Waals surface area contributed by atoms with Crippen LogP contribution >= 0.6 is 11.6 Å². The fourth-order valence-electron chi connectivity index (χ4n) is 2.62. The molecule has 1 N–H and O–H groups in total. The Morgan fingerprint density at radius 1 is 1.20 bits per heavy atom. The van der Waals surface area contributed by atoms with Crippen molar-refractivity contribution in [3.63, 3.8) is 0 Å². The molecular weight excluding hydrogens is 274 g/mol. The summed E-state index contributed by atoms with van der Waals surface area (Å²) in [4.78, 5) is 0. The average Bonchev–Trinajstić information content (AvgIpc) is 2.67. The predicted octanol–water partition coefficient (Wildman–Crippen LogP) is 4.18. The highest BCUT2D eigenvalue weighted by atomic mass is 35.5. The van der Waals surface area contributed by atoms with Crippen LogP contribution in [0.15, 0.2) is 22.6 Å². The molecule has 0 aliphatic rings. The van der Waals surface area contributed by atoms with Crippen molar-refractivity contribution in [1.82, 2.24) is 5.32 Å². The molecule has 4 heteroatoms. The monoisotopic (exact) mass is 293 g/mol. The number of ether oxygens (including phenoxy) is 1. The van der Waals surface area contributed by atoms with Gasteiger partial charge in [0, 0.05) is 16.1 Å². The first-order chi connectivity index (χ1) is 9.49. The lowest BCUT2D eigenvalue weighted by molar-refractivity contribution is 0.405. The van der Waals surface area contributed by atoms with Crippen molar-refractivity contribution in [2.75, 3.05) is 14.2 Å². The van der Waals surface area contributed by atoms with E-state index in [4.69, 9.17) is 20.8 Å². The van der Waals surface area contributed by atoms with Crippen molar-refractivity contribution in [2.24, 2.45) is 0 Å². The minimum atomic E-state index is -0.0129. The Bertz CT molecular complexity index is 619. The Labute approximate surface area is 124 Å². The molecule has 1 aromatic heterocycles. The van der Waals surface area contributed by atoms with Gasteiger partial charge in [0.05, 0.1) is 13.2 Å².